The number of rotatable bonds is 18. The van der Waals surface area contributed by atoms with Crippen molar-refractivity contribution in [2.45, 2.75) is 154 Å². The van der Waals surface area contributed by atoms with Gasteiger partial charge in [0.2, 0.25) is 0 Å². The lowest BCUT2D eigenvalue weighted by Crippen LogP contribution is -2.29. The van der Waals surface area contributed by atoms with Crippen LogP contribution in [0.15, 0.2) is 0 Å². The van der Waals surface area contributed by atoms with Crippen molar-refractivity contribution in [2.75, 3.05) is 26.7 Å². The highest BCUT2D eigenvalue weighted by Gasteiger charge is 2.20. The fourth-order valence-electron chi connectivity index (χ4n) is 5.33. The van der Waals surface area contributed by atoms with Crippen LogP contribution >= 0.6 is 0 Å². The molecule has 0 aliphatic rings. The van der Waals surface area contributed by atoms with E-state index in [1.165, 1.54) is 77.3 Å². The molecule has 0 bridgehead atoms. The van der Waals surface area contributed by atoms with E-state index in [1.807, 2.05) is 0 Å². The van der Waals surface area contributed by atoms with Gasteiger partial charge in [0.15, 0.2) is 0 Å². The summed E-state index contributed by atoms with van der Waals surface area (Å²) in [6, 6.07) is 0. The minimum absolute atomic E-state index is 0.447. The van der Waals surface area contributed by atoms with E-state index in [0.29, 0.717) is 16.2 Å². The molecule has 0 rings (SSSR count). The first-order valence-corrected chi connectivity index (χ1v) is 15.8. The van der Waals surface area contributed by atoms with Crippen LogP contribution in [0.5, 0.6) is 0 Å². The second-order valence-electron chi connectivity index (χ2n) is 15.5. The third-order valence-corrected chi connectivity index (χ3v) is 7.96. The van der Waals surface area contributed by atoms with E-state index < -0.39 is 0 Å². The van der Waals surface area contributed by atoms with Crippen LogP contribution in [0.4, 0.5) is 0 Å². The Kier molecular flexibility index (Phi) is 21.1. The fourth-order valence-corrected chi connectivity index (χ4v) is 5.33. The lowest BCUT2D eigenvalue weighted by atomic mass is 9.81. The molecule has 0 spiro atoms. The zero-order valence-electron chi connectivity index (χ0n) is 28.0. The summed E-state index contributed by atoms with van der Waals surface area (Å²) in [5.74, 6) is 3.43. The Bertz CT molecular complexity index is 478. The van der Waals surface area contributed by atoms with E-state index in [2.05, 4.69) is 108 Å². The first-order valence-electron chi connectivity index (χ1n) is 15.8. The maximum absolute atomic E-state index is 3.75. The summed E-state index contributed by atoms with van der Waals surface area (Å²) in [5.41, 5.74) is 1.43. The monoisotopic (exact) mass is 511 g/mol. The molecule has 2 nitrogen and oxygen atoms in total. The van der Waals surface area contributed by atoms with Gasteiger partial charge >= 0.3 is 0 Å². The van der Waals surface area contributed by atoms with Gasteiger partial charge in [0.25, 0.3) is 0 Å². The van der Waals surface area contributed by atoms with Gasteiger partial charge in [-0.2, -0.15) is 0 Å². The third kappa shape index (κ3) is 25.6. The van der Waals surface area contributed by atoms with Crippen molar-refractivity contribution < 1.29 is 0 Å². The standard InChI is InChI=1S/C24H52N2.C10H22/c1-10-22(17-23(4,5)6)19-26-16-15-24(7,8)14-13-20(2)11-12-21(3)18-25-9;1-6-9(7-2)8-10(3,4)5/h20-22,25-26H,10-19H2,1-9H3;9H,6-8H2,1-5H3. The van der Waals surface area contributed by atoms with Gasteiger partial charge in [-0.25, -0.2) is 0 Å². The highest BCUT2D eigenvalue weighted by Crippen LogP contribution is 2.30. The second kappa shape index (κ2) is 19.9. The normalized spacial score (nSPS) is 15.4. The largest absolute Gasteiger partial charge is 0.319 e. The summed E-state index contributed by atoms with van der Waals surface area (Å²) in [4.78, 5) is 0. The Labute approximate surface area is 231 Å². The minimum atomic E-state index is 0.447. The Balaban J connectivity index is 0. The summed E-state index contributed by atoms with van der Waals surface area (Å²) in [6.07, 6.45) is 13.4. The molecule has 2 N–H and O–H groups in total. The van der Waals surface area contributed by atoms with Gasteiger partial charge in [0, 0.05) is 0 Å². The van der Waals surface area contributed by atoms with Gasteiger partial charge in [-0.05, 0) is 98.7 Å². The maximum atomic E-state index is 3.75. The number of hydrogen-bond donors (Lipinski definition) is 2. The molecule has 0 fully saturated rings. The second-order valence-corrected chi connectivity index (χ2v) is 15.5. The number of nitrogens with one attached hydrogen (secondary N) is 2. The zero-order valence-corrected chi connectivity index (χ0v) is 28.0. The summed E-state index contributed by atoms with van der Waals surface area (Å²) < 4.78 is 0. The van der Waals surface area contributed by atoms with E-state index >= 15 is 0 Å². The topological polar surface area (TPSA) is 24.1 Å². The van der Waals surface area contributed by atoms with Crippen molar-refractivity contribution in [1.82, 2.24) is 10.6 Å². The molecule has 0 saturated heterocycles. The van der Waals surface area contributed by atoms with E-state index in [9.17, 15) is 0 Å². The highest BCUT2D eigenvalue weighted by molar-refractivity contribution is 4.74. The average molecular weight is 511 g/mol. The van der Waals surface area contributed by atoms with Gasteiger partial charge in [0.1, 0.15) is 0 Å². The molecule has 0 aromatic rings. The van der Waals surface area contributed by atoms with Crippen LogP contribution in [0, 0.1) is 39.9 Å². The van der Waals surface area contributed by atoms with Crippen molar-refractivity contribution in [2.24, 2.45) is 39.9 Å². The third-order valence-electron chi connectivity index (χ3n) is 7.96. The Morgan fingerprint density at radius 2 is 1.06 bits per heavy atom. The highest BCUT2D eigenvalue weighted by atomic mass is 14.9. The lowest BCUT2D eigenvalue weighted by molar-refractivity contribution is 0.251. The summed E-state index contributed by atoms with van der Waals surface area (Å²) in [5, 5.41) is 7.04. The van der Waals surface area contributed by atoms with E-state index in [-0.39, 0.29) is 0 Å². The van der Waals surface area contributed by atoms with Crippen LogP contribution in [-0.2, 0) is 0 Å². The van der Waals surface area contributed by atoms with Gasteiger partial charge in [-0.15, -0.1) is 0 Å². The molecule has 0 aliphatic carbocycles. The molecule has 0 aromatic heterocycles. The van der Waals surface area contributed by atoms with Crippen LogP contribution in [-0.4, -0.2) is 26.7 Å². The van der Waals surface area contributed by atoms with Crippen molar-refractivity contribution in [3.05, 3.63) is 0 Å². The Morgan fingerprint density at radius 1 is 0.583 bits per heavy atom. The van der Waals surface area contributed by atoms with Crippen molar-refractivity contribution in [3.8, 4) is 0 Å². The van der Waals surface area contributed by atoms with E-state index in [0.717, 1.165) is 30.2 Å². The van der Waals surface area contributed by atoms with E-state index in [4.69, 9.17) is 0 Å². The lowest BCUT2D eigenvalue weighted by Gasteiger charge is -2.28. The molecule has 0 amide bonds. The molecule has 0 aliphatic heterocycles. The van der Waals surface area contributed by atoms with Gasteiger partial charge in [-0.3, -0.25) is 0 Å². The Morgan fingerprint density at radius 3 is 1.47 bits per heavy atom. The first-order chi connectivity index (χ1) is 16.5. The summed E-state index contributed by atoms with van der Waals surface area (Å²) in [7, 11) is 2.06. The first kappa shape index (κ1) is 38.1. The van der Waals surface area contributed by atoms with Gasteiger partial charge < -0.3 is 10.6 Å². The molecule has 220 valence electrons. The molecule has 0 heterocycles. The fraction of sp³-hybridized carbons (Fsp3) is 1.00. The molecule has 0 radical (unpaired) electrons. The molecular formula is C34H74N2. The van der Waals surface area contributed by atoms with Crippen LogP contribution in [0.3, 0.4) is 0 Å². The zero-order chi connectivity index (χ0) is 28.4. The smallest absolute Gasteiger partial charge is 0.00204 e. The van der Waals surface area contributed by atoms with Crippen LogP contribution in [0.1, 0.15) is 154 Å². The molecular weight excluding hydrogens is 436 g/mol. The molecule has 2 heteroatoms. The van der Waals surface area contributed by atoms with Gasteiger partial charge in [-0.1, -0.05) is 122 Å². The molecule has 3 unspecified atom stereocenters. The van der Waals surface area contributed by atoms with Crippen molar-refractivity contribution in [3.63, 3.8) is 0 Å². The van der Waals surface area contributed by atoms with Crippen molar-refractivity contribution >= 4 is 0 Å². The SMILES string of the molecule is CCC(CC)CC(C)(C)C.CCC(CNCCC(C)(C)CCC(C)CCC(C)CNC)CC(C)(C)C. The maximum Gasteiger partial charge on any atom is -0.00204 e. The summed E-state index contributed by atoms with van der Waals surface area (Å²) in [6.45, 7) is 34.2. The van der Waals surface area contributed by atoms with Crippen LogP contribution < -0.4 is 10.6 Å². The molecule has 0 saturated carbocycles. The minimum Gasteiger partial charge on any atom is -0.319 e. The molecule has 3 atom stereocenters. The van der Waals surface area contributed by atoms with Crippen LogP contribution in [0.25, 0.3) is 0 Å². The Hall–Kier alpha value is -0.0800. The number of hydrogen-bond acceptors (Lipinski definition) is 2. The quantitative estimate of drug-likeness (QED) is 0.179. The average Bonchev–Trinajstić information content (AvgIpc) is 2.76. The predicted molar refractivity (Wildman–Crippen MR) is 168 cm³/mol. The molecule has 36 heavy (non-hydrogen) atoms. The van der Waals surface area contributed by atoms with E-state index in [1.54, 1.807) is 0 Å². The molecule has 0 aromatic carbocycles. The van der Waals surface area contributed by atoms with Crippen LogP contribution in [0.2, 0.25) is 0 Å². The predicted octanol–water partition coefficient (Wildman–Crippen LogP) is 10.4. The summed E-state index contributed by atoms with van der Waals surface area (Å²) >= 11 is 0. The van der Waals surface area contributed by atoms with Crippen molar-refractivity contribution in [1.29, 1.82) is 0 Å². The van der Waals surface area contributed by atoms with Gasteiger partial charge in [0.05, 0.1) is 0 Å².